The van der Waals surface area contributed by atoms with E-state index in [-0.39, 0.29) is 0 Å². The second kappa shape index (κ2) is 6.50. The molecule has 1 heterocycles. The van der Waals surface area contributed by atoms with Crippen LogP contribution in [0.5, 0.6) is 0 Å². The normalized spacial score (nSPS) is 30.7. The van der Waals surface area contributed by atoms with E-state index in [4.69, 9.17) is 5.73 Å². The van der Waals surface area contributed by atoms with Crippen molar-refractivity contribution in [2.45, 2.75) is 45.4 Å². The van der Waals surface area contributed by atoms with Crippen LogP contribution in [0.3, 0.4) is 0 Å². The van der Waals surface area contributed by atoms with Crippen molar-refractivity contribution in [3.63, 3.8) is 0 Å². The molecule has 21 heavy (non-hydrogen) atoms. The Hall–Kier alpha value is -0.860. The third-order valence-corrected chi connectivity index (χ3v) is 5.84. The Morgan fingerprint density at radius 1 is 1.10 bits per heavy atom. The summed E-state index contributed by atoms with van der Waals surface area (Å²) in [6.07, 6.45) is 7.79. The second-order valence-corrected chi connectivity index (χ2v) is 7.43. The summed E-state index contributed by atoms with van der Waals surface area (Å²) >= 11 is 0. The molecule has 0 radical (unpaired) electrons. The largest absolute Gasteiger partial charge is 0.330 e. The van der Waals surface area contributed by atoms with Gasteiger partial charge in [0.15, 0.2) is 0 Å². The fourth-order valence-electron chi connectivity index (χ4n) is 4.15. The quantitative estimate of drug-likeness (QED) is 0.924. The maximum Gasteiger partial charge on any atom is 0.00503 e. The van der Waals surface area contributed by atoms with Gasteiger partial charge in [0, 0.05) is 19.6 Å². The molecule has 2 aliphatic rings. The Labute approximate surface area is 129 Å². The first-order valence-electron chi connectivity index (χ1n) is 8.70. The standard InChI is InChI=1S/C19H30N2/c1-16-6-10-19(14-20,11-7-16)15-21-12-8-17-4-2-3-5-18(17)9-13-21/h2-5,16H,6-15,20H2,1H3. The summed E-state index contributed by atoms with van der Waals surface area (Å²) in [5.74, 6) is 0.901. The lowest BCUT2D eigenvalue weighted by Crippen LogP contribution is -2.45. The average Bonchev–Trinajstić information content (AvgIpc) is 2.73. The number of rotatable bonds is 3. The van der Waals surface area contributed by atoms with Crippen LogP contribution in [0.2, 0.25) is 0 Å². The zero-order valence-electron chi connectivity index (χ0n) is 13.5. The Bertz CT molecular complexity index is 433. The average molecular weight is 286 g/mol. The number of hydrogen-bond acceptors (Lipinski definition) is 2. The topological polar surface area (TPSA) is 29.3 Å². The predicted molar refractivity (Wildman–Crippen MR) is 89.4 cm³/mol. The number of nitrogens with two attached hydrogens (primary N) is 1. The van der Waals surface area contributed by atoms with Crippen molar-refractivity contribution in [2.75, 3.05) is 26.2 Å². The second-order valence-electron chi connectivity index (χ2n) is 7.43. The van der Waals surface area contributed by atoms with Crippen molar-refractivity contribution in [3.8, 4) is 0 Å². The van der Waals surface area contributed by atoms with Crippen LogP contribution in [0.25, 0.3) is 0 Å². The monoisotopic (exact) mass is 286 g/mol. The van der Waals surface area contributed by atoms with Crippen LogP contribution in [0, 0.1) is 11.3 Å². The lowest BCUT2D eigenvalue weighted by atomic mass is 9.70. The smallest absolute Gasteiger partial charge is 0.00503 e. The van der Waals surface area contributed by atoms with Crippen LogP contribution in [0.15, 0.2) is 24.3 Å². The minimum absolute atomic E-state index is 0.392. The SMILES string of the molecule is CC1CCC(CN)(CN2CCc3ccccc3CC2)CC1. The van der Waals surface area contributed by atoms with Crippen molar-refractivity contribution >= 4 is 0 Å². The van der Waals surface area contributed by atoms with Gasteiger partial charge in [0.25, 0.3) is 0 Å². The summed E-state index contributed by atoms with van der Waals surface area (Å²) < 4.78 is 0. The minimum atomic E-state index is 0.392. The van der Waals surface area contributed by atoms with Crippen LogP contribution in [0.1, 0.15) is 43.7 Å². The maximum absolute atomic E-state index is 6.20. The van der Waals surface area contributed by atoms with Gasteiger partial charge in [-0.2, -0.15) is 0 Å². The van der Waals surface area contributed by atoms with E-state index in [0.717, 1.165) is 12.5 Å². The molecule has 1 aromatic rings. The third-order valence-electron chi connectivity index (χ3n) is 5.84. The fraction of sp³-hybridized carbons (Fsp3) is 0.684. The van der Waals surface area contributed by atoms with Gasteiger partial charge in [0.1, 0.15) is 0 Å². The van der Waals surface area contributed by atoms with Gasteiger partial charge in [-0.15, -0.1) is 0 Å². The highest BCUT2D eigenvalue weighted by Crippen LogP contribution is 2.39. The van der Waals surface area contributed by atoms with E-state index in [1.54, 1.807) is 11.1 Å². The Morgan fingerprint density at radius 2 is 1.67 bits per heavy atom. The summed E-state index contributed by atoms with van der Waals surface area (Å²) in [4.78, 5) is 2.68. The molecule has 0 amide bonds. The summed E-state index contributed by atoms with van der Waals surface area (Å²) in [5, 5.41) is 0. The molecule has 0 atom stereocenters. The van der Waals surface area contributed by atoms with Crippen molar-refractivity contribution in [3.05, 3.63) is 35.4 Å². The molecular weight excluding hydrogens is 256 g/mol. The molecule has 0 bridgehead atoms. The molecule has 2 N–H and O–H groups in total. The van der Waals surface area contributed by atoms with Gasteiger partial charge in [-0.3, -0.25) is 0 Å². The van der Waals surface area contributed by atoms with E-state index < -0.39 is 0 Å². The molecule has 2 heteroatoms. The summed E-state index contributed by atoms with van der Waals surface area (Å²) in [6, 6.07) is 8.97. The van der Waals surface area contributed by atoms with Crippen molar-refractivity contribution in [1.29, 1.82) is 0 Å². The van der Waals surface area contributed by atoms with Gasteiger partial charge in [-0.05, 0) is 54.7 Å². The molecule has 1 saturated carbocycles. The third kappa shape index (κ3) is 3.49. The Kier molecular flexibility index (Phi) is 4.66. The zero-order valence-corrected chi connectivity index (χ0v) is 13.5. The van der Waals surface area contributed by atoms with Crippen molar-refractivity contribution < 1.29 is 0 Å². The molecule has 3 rings (SSSR count). The fourth-order valence-corrected chi connectivity index (χ4v) is 4.15. The molecule has 0 saturated heterocycles. The summed E-state index contributed by atoms with van der Waals surface area (Å²) in [5.41, 5.74) is 9.70. The number of hydrogen-bond donors (Lipinski definition) is 1. The molecule has 1 aliphatic heterocycles. The van der Waals surface area contributed by atoms with Gasteiger partial charge in [0.2, 0.25) is 0 Å². The minimum Gasteiger partial charge on any atom is -0.330 e. The molecule has 0 aromatic heterocycles. The van der Waals surface area contributed by atoms with Gasteiger partial charge in [0.05, 0.1) is 0 Å². The molecule has 1 aromatic carbocycles. The van der Waals surface area contributed by atoms with Crippen LogP contribution in [-0.4, -0.2) is 31.1 Å². The highest BCUT2D eigenvalue weighted by Gasteiger charge is 2.34. The van der Waals surface area contributed by atoms with Gasteiger partial charge < -0.3 is 10.6 Å². The summed E-state index contributed by atoms with van der Waals surface area (Å²) in [6.45, 7) is 6.87. The molecule has 0 spiro atoms. The first-order valence-corrected chi connectivity index (χ1v) is 8.70. The highest BCUT2D eigenvalue weighted by molar-refractivity contribution is 5.28. The highest BCUT2D eigenvalue weighted by atomic mass is 15.1. The van der Waals surface area contributed by atoms with E-state index in [2.05, 4.69) is 36.1 Å². The van der Waals surface area contributed by atoms with Gasteiger partial charge in [-0.1, -0.05) is 44.0 Å². The van der Waals surface area contributed by atoms with Crippen molar-refractivity contribution in [2.24, 2.45) is 17.1 Å². The molecule has 1 fully saturated rings. The number of benzene rings is 1. The molecule has 1 aliphatic carbocycles. The number of fused-ring (bicyclic) bond motifs is 1. The summed E-state index contributed by atoms with van der Waals surface area (Å²) in [7, 11) is 0. The van der Waals surface area contributed by atoms with E-state index in [0.29, 0.717) is 5.41 Å². The Morgan fingerprint density at radius 3 is 2.19 bits per heavy atom. The van der Waals surface area contributed by atoms with Crippen LogP contribution in [0.4, 0.5) is 0 Å². The van der Waals surface area contributed by atoms with E-state index in [1.165, 1.54) is 58.2 Å². The zero-order chi connectivity index (χ0) is 14.7. The van der Waals surface area contributed by atoms with Gasteiger partial charge in [-0.25, -0.2) is 0 Å². The number of nitrogens with zero attached hydrogens (tertiary/aromatic N) is 1. The molecule has 2 nitrogen and oxygen atoms in total. The first kappa shape index (κ1) is 15.1. The van der Waals surface area contributed by atoms with Crippen LogP contribution in [-0.2, 0) is 12.8 Å². The lowest BCUT2D eigenvalue weighted by Gasteiger charge is -2.42. The molecule has 0 unspecified atom stereocenters. The van der Waals surface area contributed by atoms with Crippen LogP contribution < -0.4 is 5.73 Å². The maximum atomic E-state index is 6.20. The first-order chi connectivity index (χ1) is 10.2. The van der Waals surface area contributed by atoms with E-state index >= 15 is 0 Å². The molecular formula is C19H30N2. The predicted octanol–water partition coefficient (Wildman–Crippen LogP) is 3.24. The lowest BCUT2D eigenvalue weighted by molar-refractivity contribution is 0.0970. The van der Waals surface area contributed by atoms with Gasteiger partial charge >= 0.3 is 0 Å². The van der Waals surface area contributed by atoms with E-state index in [9.17, 15) is 0 Å². The van der Waals surface area contributed by atoms with Crippen LogP contribution >= 0.6 is 0 Å². The van der Waals surface area contributed by atoms with E-state index in [1.807, 2.05) is 0 Å². The molecule has 116 valence electrons. The van der Waals surface area contributed by atoms with Crippen molar-refractivity contribution in [1.82, 2.24) is 4.90 Å². The Balaban J connectivity index is 1.63.